The van der Waals surface area contributed by atoms with Gasteiger partial charge in [-0.2, -0.15) is 5.26 Å². The van der Waals surface area contributed by atoms with E-state index in [-0.39, 0.29) is 0 Å². The third-order valence-electron chi connectivity index (χ3n) is 6.60. The highest BCUT2D eigenvalue weighted by atomic mass is 15.2. The lowest BCUT2D eigenvalue weighted by atomic mass is 9.68. The van der Waals surface area contributed by atoms with Crippen LogP contribution in [0.1, 0.15) is 64.0 Å². The van der Waals surface area contributed by atoms with Crippen LogP contribution in [0.25, 0.3) is 0 Å². The summed E-state index contributed by atoms with van der Waals surface area (Å²) < 4.78 is 0. The Balaban J connectivity index is 1.76. The second kappa shape index (κ2) is 7.06. The van der Waals surface area contributed by atoms with E-state index in [1.165, 1.54) is 43.5 Å². The monoisotopic (exact) mass is 349 g/mol. The summed E-state index contributed by atoms with van der Waals surface area (Å²) in [5, 5.41) is 9.21. The van der Waals surface area contributed by atoms with Crippen molar-refractivity contribution >= 4 is 11.5 Å². The summed E-state index contributed by atoms with van der Waals surface area (Å²) in [6, 6.07) is 8.96. The van der Waals surface area contributed by atoms with Crippen LogP contribution in [0.3, 0.4) is 0 Å². The fourth-order valence-corrected chi connectivity index (χ4v) is 5.66. The molecule has 2 aliphatic heterocycles. The molecule has 2 saturated heterocycles. The fourth-order valence-electron chi connectivity index (χ4n) is 5.66. The maximum atomic E-state index is 9.21. The number of nitrogens with zero attached hydrogens (tertiary/aromatic N) is 3. The van der Waals surface area contributed by atoms with Gasteiger partial charge in [0.25, 0.3) is 0 Å². The van der Waals surface area contributed by atoms with E-state index in [2.05, 4.69) is 37.8 Å². The molecular weight excluding hydrogens is 318 g/mol. The molecule has 2 saturated carbocycles. The van der Waals surface area contributed by atoms with Crippen LogP contribution < -0.4 is 0 Å². The van der Waals surface area contributed by atoms with Crippen molar-refractivity contribution in [1.82, 2.24) is 4.90 Å². The quantitative estimate of drug-likeness (QED) is 0.738. The van der Waals surface area contributed by atoms with Gasteiger partial charge in [0.1, 0.15) is 5.84 Å². The average Bonchev–Trinajstić information content (AvgIpc) is 2.77. The van der Waals surface area contributed by atoms with Gasteiger partial charge in [-0.05, 0) is 80.0 Å². The van der Waals surface area contributed by atoms with Gasteiger partial charge >= 0.3 is 0 Å². The molecule has 4 bridgehead atoms. The number of hydrogen-bond acceptors (Lipinski definition) is 2. The molecule has 1 aromatic carbocycles. The van der Waals surface area contributed by atoms with Gasteiger partial charge in [0.2, 0.25) is 0 Å². The van der Waals surface area contributed by atoms with E-state index in [4.69, 9.17) is 4.99 Å². The van der Waals surface area contributed by atoms with Crippen LogP contribution in [-0.2, 0) is 6.42 Å². The van der Waals surface area contributed by atoms with Crippen molar-refractivity contribution in [2.45, 2.75) is 65.3 Å². The van der Waals surface area contributed by atoms with Gasteiger partial charge in [-0.25, -0.2) is 4.99 Å². The summed E-state index contributed by atoms with van der Waals surface area (Å²) in [6.07, 6.45) is 7.77. The van der Waals surface area contributed by atoms with Gasteiger partial charge in [-0.3, -0.25) is 0 Å². The van der Waals surface area contributed by atoms with E-state index in [0.717, 1.165) is 36.1 Å². The topological polar surface area (TPSA) is 39.4 Å². The van der Waals surface area contributed by atoms with Crippen LogP contribution in [0.2, 0.25) is 0 Å². The number of amidine groups is 1. The van der Waals surface area contributed by atoms with Crippen molar-refractivity contribution in [2.24, 2.45) is 28.7 Å². The minimum absolute atomic E-state index is 0.630. The zero-order valence-electron chi connectivity index (χ0n) is 16.4. The maximum absolute atomic E-state index is 9.21. The first-order valence-corrected chi connectivity index (χ1v) is 10.5. The molecule has 0 N–H and O–H groups in total. The molecule has 5 rings (SSSR count). The second-order valence-electron chi connectivity index (χ2n) is 9.09. The largest absolute Gasteiger partial charge is 0.357 e. The normalized spacial score (nSPS) is 31.5. The van der Waals surface area contributed by atoms with Crippen LogP contribution >= 0.6 is 0 Å². The number of aryl methyl sites for hydroxylation is 1. The molecule has 4 fully saturated rings. The maximum Gasteiger partial charge on any atom is 0.108 e. The predicted molar refractivity (Wildman–Crippen MR) is 107 cm³/mol. The Morgan fingerprint density at radius 3 is 2.50 bits per heavy atom. The Labute approximate surface area is 158 Å². The SMILES string of the molecule is CCc1cc(C#N)ccc1N=C1C2CC3CC(C2)CC(C3)N1CC(C)C. The molecule has 3 nitrogen and oxygen atoms in total. The van der Waals surface area contributed by atoms with Crippen molar-refractivity contribution in [3.8, 4) is 6.07 Å². The van der Waals surface area contributed by atoms with Gasteiger partial charge in [0.05, 0.1) is 17.3 Å². The highest BCUT2D eigenvalue weighted by Crippen LogP contribution is 2.49. The lowest BCUT2D eigenvalue weighted by Gasteiger charge is -2.39. The summed E-state index contributed by atoms with van der Waals surface area (Å²) in [4.78, 5) is 7.98. The molecule has 2 heterocycles. The molecule has 0 spiro atoms. The van der Waals surface area contributed by atoms with Crippen molar-refractivity contribution in [3.05, 3.63) is 29.3 Å². The fraction of sp³-hybridized carbons (Fsp3) is 0.652. The number of nitriles is 1. The number of fused-ring (bicyclic) bond motifs is 1. The van der Waals surface area contributed by atoms with E-state index in [1.54, 1.807) is 0 Å². The van der Waals surface area contributed by atoms with Crippen molar-refractivity contribution in [3.63, 3.8) is 0 Å². The molecule has 3 heteroatoms. The lowest BCUT2D eigenvalue weighted by Crippen LogP contribution is -2.43. The predicted octanol–water partition coefficient (Wildman–Crippen LogP) is 5.32. The Kier molecular flexibility index (Phi) is 4.78. The molecule has 0 aromatic heterocycles. The van der Waals surface area contributed by atoms with E-state index in [0.29, 0.717) is 17.9 Å². The summed E-state index contributed by atoms with van der Waals surface area (Å²) >= 11 is 0. The molecule has 0 radical (unpaired) electrons. The third kappa shape index (κ3) is 3.27. The van der Waals surface area contributed by atoms with Crippen molar-refractivity contribution in [1.29, 1.82) is 5.26 Å². The summed E-state index contributed by atoms with van der Waals surface area (Å²) in [5.74, 6) is 4.46. The van der Waals surface area contributed by atoms with Crippen molar-refractivity contribution < 1.29 is 0 Å². The summed E-state index contributed by atoms with van der Waals surface area (Å²) in [7, 11) is 0. The molecule has 2 aliphatic carbocycles. The number of hydrogen-bond donors (Lipinski definition) is 0. The zero-order valence-corrected chi connectivity index (χ0v) is 16.4. The molecule has 2 atom stereocenters. The first-order valence-electron chi connectivity index (χ1n) is 10.5. The Morgan fingerprint density at radius 1 is 1.15 bits per heavy atom. The Bertz CT molecular complexity index is 728. The molecule has 2 unspecified atom stereocenters. The Morgan fingerprint density at radius 2 is 1.88 bits per heavy atom. The minimum Gasteiger partial charge on any atom is -0.357 e. The van der Waals surface area contributed by atoms with Gasteiger partial charge in [0, 0.05) is 18.5 Å². The number of benzene rings is 1. The molecule has 26 heavy (non-hydrogen) atoms. The van der Waals surface area contributed by atoms with Gasteiger partial charge < -0.3 is 4.90 Å². The highest BCUT2D eigenvalue weighted by Gasteiger charge is 2.45. The smallest absolute Gasteiger partial charge is 0.108 e. The van der Waals surface area contributed by atoms with E-state index < -0.39 is 0 Å². The first-order chi connectivity index (χ1) is 12.6. The highest BCUT2D eigenvalue weighted by molar-refractivity contribution is 5.88. The molecule has 1 aromatic rings. The van der Waals surface area contributed by atoms with E-state index >= 15 is 0 Å². The van der Waals surface area contributed by atoms with Gasteiger partial charge in [-0.15, -0.1) is 0 Å². The number of aliphatic imine (C=N–C) groups is 1. The second-order valence-corrected chi connectivity index (χ2v) is 9.09. The van der Waals surface area contributed by atoms with E-state index in [1.807, 2.05) is 12.1 Å². The average molecular weight is 350 g/mol. The Hall–Kier alpha value is -1.82. The van der Waals surface area contributed by atoms with Gasteiger partial charge in [0.15, 0.2) is 0 Å². The standard InChI is InChI=1S/C23H31N3/c1-4-19-8-16(13-24)5-6-22(19)25-23-20-9-17-7-18(10-20)12-21(11-17)26(23)14-15(2)3/h5-6,8,15,17-18,20-21H,4,7,9-12,14H2,1-3H3. The zero-order chi connectivity index (χ0) is 18.3. The molecular formula is C23H31N3. The molecule has 4 aliphatic rings. The molecule has 138 valence electrons. The van der Waals surface area contributed by atoms with Gasteiger partial charge in [-0.1, -0.05) is 20.8 Å². The summed E-state index contributed by atoms with van der Waals surface area (Å²) in [6.45, 7) is 7.93. The van der Waals surface area contributed by atoms with Crippen LogP contribution in [0.5, 0.6) is 0 Å². The number of rotatable bonds is 4. The van der Waals surface area contributed by atoms with E-state index in [9.17, 15) is 5.26 Å². The third-order valence-corrected chi connectivity index (χ3v) is 6.60. The summed E-state index contributed by atoms with van der Waals surface area (Å²) in [5.41, 5.74) is 3.02. The van der Waals surface area contributed by atoms with Crippen LogP contribution in [0.4, 0.5) is 5.69 Å². The molecule has 0 amide bonds. The van der Waals surface area contributed by atoms with Crippen LogP contribution in [-0.4, -0.2) is 23.3 Å². The lowest BCUT2D eigenvalue weighted by molar-refractivity contribution is 0.126. The van der Waals surface area contributed by atoms with Crippen LogP contribution in [0, 0.1) is 35.0 Å². The first kappa shape index (κ1) is 17.6. The van der Waals surface area contributed by atoms with Crippen LogP contribution in [0.15, 0.2) is 23.2 Å². The minimum atomic E-state index is 0.630. The van der Waals surface area contributed by atoms with Crippen molar-refractivity contribution in [2.75, 3.05) is 6.54 Å².